The van der Waals surface area contributed by atoms with E-state index in [1.54, 1.807) is 0 Å². The zero-order valence-electron chi connectivity index (χ0n) is 10.7. The summed E-state index contributed by atoms with van der Waals surface area (Å²) in [6, 6.07) is 20.1. The van der Waals surface area contributed by atoms with Crippen molar-refractivity contribution < 1.29 is 0 Å². The smallest absolute Gasteiger partial charge is 0.0551 e. The summed E-state index contributed by atoms with van der Waals surface area (Å²) in [5.74, 6) is 0. The molecule has 2 N–H and O–H groups in total. The van der Waals surface area contributed by atoms with Gasteiger partial charge in [0.15, 0.2) is 0 Å². The molecule has 3 aromatic rings. The van der Waals surface area contributed by atoms with Crippen LogP contribution in [0.5, 0.6) is 0 Å². The average molecular weight is 347 g/mol. The van der Waals surface area contributed by atoms with Gasteiger partial charge in [0.2, 0.25) is 0 Å². The molecule has 0 aliphatic rings. The zero-order chi connectivity index (χ0) is 14.1. The van der Waals surface area contributed by atoms with E-state index >= 15 is 0 Å². The van der Waals surface area contributed by atoms with E-state index in [1.807, 2.05) is 30.3 Å². The van der Waals surface area contributed by atoms with Crippen LogP contribution in [0.1, 0.15) is 17.2 Å². The first-order valence-corrected chi connectivity index (χ1v) is 7.51. The lowest BCUT2D eigenvalue weighted by molar-refractivity contribution is 0.873. The van der Waals surface area contributed by atoms with Gasteiger partial charge in [-0.15, -0.1) is 0 Å². The van der Waals surface area contributed by atoms with Crippen molar-refractivity contribution in [3.63, 3.8) is 0 Å². The van der Waals surface area contributed by atoms with Gasteiger partial charge in [0.05, 0.1) is 6.04 Å². The maximum atomic E-state index is 6.33. The first-order valence-electron chi connectivity index (χ1n) is 6.34. The summed E-state index contributed by atoms with van der Waals surface area (Å²) in [7, 11) is 0. The maximum absolute atomic E-state index is 6.33. The summed E-state index contributed by atoms with van der Waals surface area (Å²) in [4.78, 5) is 0. The lowest BCUT2D eigenvalue weighted by Gasteiger charge is -2.13. The van der Waals surface area contributed by atoms with Gasteiger partial charge >= 0.3 is 0 Å². The Labute approximate surface area is 131 Å². The van der Waals surface area contributed by atoms with Crippen molar-refractivity contribution in [2.24, 2.45) is 5.73 Å². The molecule has 0 saturated carbocycles. The van der Waals surface area contributed by atoms with E-state index in [0.29, 0.717) is 0 Å². The summed E-state index contributed by atoms with van der Waals surface area (Å²) in [5.41, 5.74) is 8.50. The summed E-state index contributed by atoms with van der Waals surface area (Å²) in [6.07, 6.45) is 0. The van der Waals surface area contributed by atoms with Gasteiger partial charge in [-0.25, -0.2) is 0 Å². The standard InChI is InChI=1S/C17H13BrClN/c18-15-6-3-12-9-14(2-1-13(12)10-15)17(20)11-4-7-16(19)8-5-11/h1-10,17H,20H2. The van der Waals surface area contributed by atoms with E-state index in [-0.39, 0.29) is 6.04 Å². The molecular formula is C17H13BrClN. The molecule has 3 rings (SSSR count). The number of hydrogen-bond acceptors (Lipinski definition) is 1. The Hall–Kier alpha value is -1.35. The molecule has 0 saturated heterocycles. The summed E-state index contributed by atoms with van der Waals surface area (Å²) >= 11 is 9.40. The van der Waals surface area contributed by atoms with Crippen LogP contribution in [-0.2, 0) is 0 Å². The molecule has 1 atom stereocenters. The Morgan fingerprint density at radius 3 is 2.15 bits per heavy atom. The Balaban J connectivity index is 2.01. The zero-order valence-corrected chi connectivity index (χ0v) is 13.0. The fourth-order valence-electron chi connectivity index (χ4n) is 2.29. The predicted octanol–water partition coefficient (Wildman–Crippen LogP) is 5.30. The molecule has 0 aromatic heterocycles. The third-order valence-electron chi connectivity index (χ3n) is 3.41. The molecule has 0 aliphatic carbocycles. The molecule has 0 heterocycles. The van der Waals surface area contributed by atoms with Crippen molar-refractivity contribution in [2.75, 3.05) is 0 Å². The Bertz CT molecular complexity index is 753. The highest BCUT2D eigenvalue weighted by Gasteiger charge is 2.09. The van der Waals surface area contributed by atoms with Crippen LogP contribution in [-0.4, -0.2) is 0 Å². The number of rotatable bonds is 2. The number of benzene rings is 3. The lowest BCUT2D eigenvalue weighted by atomic mass is 9.97. The molecule has 0 spiro atoms. The highest BCUT2D eigenvalue weighted by Crippen LogP contribution is 2.26. The molecular weight excluding hydrogens is 334 g/mol. The summed E-state index contributed by atoms with van der Waals surface area (Å²) in [5, 5.41) is 3.12. The van der Waals surface area contributed by atoms with E-state index in [2.05, 4.69) is 46.3 Å². The first kappa shape index (κ1) is 13.6. The molecule has 3 aromatic carbocycles. The largest absolute Gasteiger partial charge is 0.320 e. The van der Waals surface area contributed by atoms with E-state index in [1.165, 1.54) is 10.8 Å². The van der Waals surface area contributed by atoms with Crippen molar-refractivity contribution in [1.82, 2.24) is 0 Å². The second-order valence-corrected chi connectivity index (χ2v) is 6.13. The maximum Gasteiger partial charge on any atom is 0.0551 e. The Kier molecular flexibility index (Phi) is 3.79. The molecule has 100 valence electrons. The van der Waals surface area contributed by atoms with Crippen molar-refractivity contribution >= 4 is 38.3 Å². The van der Waals surface area contributed by atoms with Crippen LogP contribution in [0.4, 0.5) is 0 Å². The lowest BCUT2D eigenvalue weighted by Crippen LogP contribution is -2.11. The summed E-state index contributed by atoms with van der Waals surface area (Å²) in [6.45, 7) is 0. The van der Waals surface area contributed by atoms with Crippen LogP contribution in [0.2, 0.25) is 5.02 Å². The van der Waals surface area contributed by atoms with Crippen molar-refractivity contribution in [3.05, 3.63) is 81.3 Å². The average Bonchev–Trinajstić information content (AvgIpc) is 2.47. The van der Waals surface area contributed by atoms with Crippen molar-refractivity contribution in [3.8, 4) is 0 Å². The fourth-order valence-corrected chi connectivity index (χ4v) is 2.80. The van der Waals surface area contributed by atoms with Crippen molar-refractivity contribution in [1.29, 1.82) is 0 Å². The van der Waals surface area contributed by atoms with Crippen LogP contribution < -0.4 is 5.73 Å². The molecule has 1 nitrogen and oxygen atoms in total. The fraction of sp³-hybridized carbons (Fsp3) is 0.0588. The number of fused-ring (bicyclic) bond motifs is 1. The molecule has 0 radical (unpaired) electrons. The van der Waals surface area contributed by atoms with E-state index in [4.69, 9.17) is 17.3 Å². The minimum Gasteiger partial charge on any atom is -0.320 e. The molecule has 0 amide bonds. The minimum atomic E-state index is -0.139. The predicted molar refractivity (Wildman–Crippen MR) is 89.1 cm³/mol. The van der Waals surface area contributed by atoms with Gasteiger partial charge in [-0.3, -0.25) is 0 Å². The van der Waals surface area contributed by atoms with Crippen LogP contribution in [0.15, 0.2) is 65.1 Å². The van der Waals surface area contributed by atoms with E-state index < -0.39 is 0 Å². The van der Waals surface area contributed by atoms with Gasteiger partial charge in [0, 0.05) is 9.50 Å². The molecule has 3 heteroatoms. The van der Waals surface area contributed by atoms with E-state index in [9.17, 15) is 0 Å². The van der Waals surface area contributed by atoms with Crippen LogP contribution in [0, 0.1) is 0 Å². The minimum absolute atomic E-state index is 0.139. The molecule has 0 aliphatic heterocycles. The second kappa shape index (κ2) is 5.57. The highest BCUT2D eigenvalue weighted by molar-refractivity contribution is 9.10. The van der Waals surface area contributed by atoms with Gasteiger partial charge in [-0.2, -0.15) is 0 Å². The van der Waals surface area contributed by atoms with Crippen molar-refractivity contribution in [2.45, 2.75) is 6.04 Å². The normalized spacial score (nSPS) is 12.6. The second-order valence-electron chi connectivity index (χ2n) is 4.78. The quantitative estimate of drug-likeness (QED) is 0.669. The van der Waals surface area contributed by atoms with Crippen LogP contribution in [0.25, 0.3) is 10.8 Å². The third kappa shape index (κ3) is 2.73. The van der Waals surface area contributed by atoms with Gasteiger partial charge in [-0.05, 0) is 52.2 Å². The SMILES string of the molecule is NC(c1ccc(Cl)cc1)c1ccc2cc(Br)ccc2c1. The van der Waals surface area contributed by atoms with E-state index in [0.717, 1.165) is 20.6 Å². The van der Waals surface area contributed by atoms with Crippen LogP contribution in [0.3, 0.4) is 0 Å². The van der Waals surface area contributed by atoms with Gasteiger partial charge < -0.3 is 5.73 Å². The first-order chi connectivity index (χ1) is 9.63. The molecule has 1 unspecified atom stereocenters. The number of nitrogens with two attached hydrogens (primary N) is 1. The Morgan fingerprint density at radius 1 is 0.800 bits per heavy atom. The van der Waals surface area contributed by atoms with Gasteiger partial charge in [-0.1, -0.05) is 57.9 Å². The molecule has 0 bridgehead atoms. The highest BCUT2D eigenvalue weighted by atomic mass is 79.9. The van der Waals surface area contributed by atoms with Gasteiger partial charge in [0.1, 0.15) is 0 Å². The topological polar surface area (TPSA) is 26.0 Å². The van der Waals surface area contributed by atoms with Gasteiger partial charge in [0.25, 0.3) is 0 Å². The third-order valence-corrected chi connectivity index (χ3v) is 4.16. The monoisotopic (exact) mass is 345 g/mol. The summed E-state index contributed by atoms with van der Waals surface area (Å²) < 4.78 is 1.08. The number of halogens is 2. The Morgan fingerprint density at radius 2 is 1.40 bits per heavy atom. The molecule has 0 fully saturated rings. The molecule has 20 heavy (non-hydrogen) atoms. The van der Waals surface area contributed by atoms with Crippen LogP contribution >= 0.6 is 27.5 Å². The number of hydrogen-bond donors (Lipinski definition) is 1.